The summed E-state index contributed by atoms with van der Waals surface area (Å²) in [7, 11) is -2.18. The van der Waals surface area contributed by atoms with Gasteiger partial charge in [-0.3, -0.25) is 9.69 Å². The molecule has 0 spiro atoms. The van der Waals surface area contributed by atoms with E-state index in [-0.39, 0.29) is 19.0 Å². The summed E-state index contributed by atoms with van der Waals surface area (Å²) < 4.78 is 28.0. The molecule has 2 heterocycles. The molecular weight excluding hydrogens is 270 g/mol. The van der Waals surface area contributed by atoms with Crippen LogP contribution in [0.4, 0.5) is 0 Å². The first-order chi connectivity index (χ1) is 8.90. The molecule has 0 amide bonds. The normalized spacial score (nSPS) is 27.9. The zero-order valence-electron chi connectivity index (χ0n) is 11.1. The highest BCUT2D eigenvalue weighted by Crippen LogP contribution is 2.28. The molecule has 2 fully saturated rings. The molecule has 0 aromatic carbocycles. The van der Waals surface area contributed by atoms with Gasteiger partial charge in [-0.25, -0.2) is 0 Å². The summed E-state index contributed by atoms with van der Waals surface area (Å²) in [6, 6.07) is 0.266. The van der Waals surface area contributed by atoms with Crippen molar-refractivity contribution in [3.63, 3.8) is 0 Å². The lowest BCUT2D eigenvalue weighted by atomic mass is 10.1. The van der Waals surface area contributed by atoms with Crippen molar-refractivity contribution in [2.45, 2.75) is 37.8 Å². The molecule has 2 N–H and O–H groups in total. The van der Waals surface area contributed by atoms with Gasteiger partial charge in [-0.2, -0.15) is 17.4 Å². The molecule has 2 aliphatic rings. The second-order valence-electron chi connectivity index (χ2n) is 5.23. The highest BCUT2D eigenvalue weighted by atomic mass is 32.2. The molecule has 2 rings (SSSR count). The van der Waals surface area contributed by atoms with Gasteiger partial charge in [0, 0.05) is 32.2 Å². The first-order valence-electron chi connectivity index (χ1n) is 6.59. The maximum absolute atomic E-state index is 12.1. The van der Waals surface area contributed by atoms with Crippen molar-refractivity contribution in [3.8, 4) is 0 Å². The van der Waals surface area contributed by atoms with Crippen LogP contribution in [-0.2, 0) is 15.0 Å². The number of nitrogens with zero attached hydrogens (tertiary/aromatic N) is 2. The molecule has 110 valence electrons. The first-order valence-corrected chi connectivity index (χ1v) is 8.03. The van der Waals surface area contributed by atoms with Gasteiger partial charge in [0.25, 0.3) is 10.2 Å². The van der Waals surface area contributed by atoms with Crippen LogP contribution in [0, 0.1) is 0 Å². The lowest BCUT2D eigenvalue weighted by Gasteiger charge is -2.24. The third kappa shape index (κ3) is 3.44. The third-order valence-electron chi connectivity index (χ3n) is 3.96. The molecular formula is C11H21N3O4S. The van der Waals surface area contributed by atoms with Crippen LogP contribution in [0.2, 0.25) is 0 Å². The van der Waals surface area contributed by atoms with Crippen LogP contribution >= 0.6 is 0 Å². The molecule has 2 saturated heterocycles. The van der Waals surface area contributed by atoms with Crippen LogP contribution in [0.15, 0.2) is 0 Å². The molecule has 2 unspecified atom stereocenters. The van der Waals surface area contributed by atoms with E-state index in [1.54, 1.807) is 0 Å². The molecule has 0 aromatic heterocycles. The number of fused-ring (bicyclic) bond motifs is 1. The van der Waals surface area contributed by atoms with Crippen molar-refractivity contribution in [2.24, 2.45) is 0 Å². The number of rotatable bonds is 6. The molecule has 8 heteroatoms. The first kappa shape index (κ1) is 14.7. The maximum atomic E-state index is 12.1. The monoisotopic (exact) mass is 291 g/mol. The van der Waals surface area contributed by atoms with E-state index >= 15 is 0 Å². The van der Waals surface area contributed by atoms with E-state index in [9.17, 15) is 13.2 Å². The van der Waals surface area contributed by atoms with Gasteiger partial charge in [-0.1, -0.05) is 0 Å². The molecule has 0 radical (unpaired) electrons. The minimum Gasteiger partial charge on any atom is -0.481 e. The zero-order chi connectivity index (χ0) is 14.0. The number of hydrogen-bond acceptors (Lipinski definition) is 4. The second kappa shape index (κ2) is 5.74. The lowest BCUT2D eigenvalue weighted by Crippen LogP contribution is -2.48. The summed E-state index contributed by atoms with van der Waals surface area (Å²) in [5, 5.41) is 8.59. The smallest absolute Gasteiger partial charge is 0.304 e. The fourth-order valence-electron chi connectivity index (χ4n) is 2.87. The standard InChI is InChI=1S/C11H21N3O4S/c1-13(7-5-11(15)16)19(17,18)12-9-4-8-14-6-2-3-10(9)14/h9-10,12H,2-8H2,1H3,(H,15,16). The van der Waals surface area contributed by atoms with E-state index in [0.717, 1.165) is 36.7 Å². The van der Waals surface area contributed by atoms with Crippen LogP contribution in [0.25, 0.3) is 0 Å². The average Bonchev–Trinajstić information content (AvgIpc) is 2.90. The molecule has 0 aliphatic carbocycles. The van der Waals surface area contributed by atoms with E-state index in [4.69, 9.17) is 5.11 Å². The Morgan fingerprint density at radius 2 is 2.16 bits per heavy atom. The van der Waals surface area contributed by atoms with Gasteiger partial charge in [0.05, 0.1) is 6.42 Å². The van der Waals surface area contributed by atoms with Gasteiger partial charge in [0.15, 0.2) is 0 Å². The molecule has 19 heavy (non-hydrogen) atoms. The molecule has 2 atom stereocenters. The summed E-state index contributed by atoms with van der Waals surface area (Å²) in [6.07, 6.45) is 2.80. The summed E-state index contributed by atoms with van der Waals surface area (Å²) in [5.74, 6) is -0.995. The summed E-state index contributed by atoms with van der Waals surface area (Å²) >= 11 is 0. The fourth-order valence-corrected chi connectivity index (χ4v) is 4.04. The number of carbonyl (C=O) groups is 1. The van der Waals surface area contributed by atoms with Crippen molar-refractivity contribution in [1.82, 2.24) is 13.9 Å². The van der Waals surface area contributed by atoms with E-state index in [0.29, 0.717) is 6.04 Å². The van der Waals surface area contributed by atoms with Crippen molar-refractivity contribution >= 4 is 16.2 Å². The Hall–Kier alpha value is -0.700. The minimum absolute atomic E-state index is 0.00817. The molecule has 0 saturated carbocycles. The third-order valence-corrected chi connectivity index (χ3v) is 5.56. The number of hydrogen-bond donors (Lipinski definition) is 2. The fraction of sp³-hybridized carbons (Fsp3) is 0.909. The second-order valence-corrected chi connectivity index (χ2v) is 7.04. The molecule has 7 nitrogen and oxygen atoms in total. The summed E-state index contributed by atoms with van der Waals surface area (Å²) in [6.45, 7) is 1.99. The van der Waals surface area contributed by atoms with E-state index < -0.39 is 16.2 Å². The average molecular weight is 291 g/mol. The Bertz CT molecular complexity index is 439. The number of carboxylic acids is 1. The highest BCUT2D eigenvalue weighted by molar-refractivity contribution is 7.87. The summed E-state index contributed by atoms with van der Waals surface area (Å²) in [4.78, 5) is 12.8. The van der Waals surface area contributed by atoms with E-state index in [1.165, 1.54) is 7.05 Å². The zero-order valence-corrected chi connectivity index (χ0v) is 11.9. The topological polar surface area (TPSA) is 90.0 Å². The van der Waals surface area contributed by atoms with E-state index in [1.807, 2.05) is 0 Å². The molecule has 0 aromatic rings. The Morgan fingerprint density at radius 1 is 1.42 bits per heavy atom. The Kier molecular flexibility index (Phi) is 4.44. The number of aliphatic carboxylic acids is 1. The largest absolute Gasteiger partial charge is 0.481 e. The van der Waals surface area contributed by atoms with Crippen LogP contribution in [0.3, 0.4) is 0 Å². The van der Waals surface area contributed by atoms with Gasteiger partial charge >= 0.3 is 5.97 Å². The number of carboxylic acid groups (broad SMARTS) is 1. The summed E-state index contributed by atoms with van der Waals surface area (Å²) in [5.41, 5.74) is 0. The Balaban J connectivity index is 1.91. The number of nitrogens with one attached hydrogen (secondary N) is 1. The van der Waals surface area contributed by atoms with Gasteiger partial charge < -0.3 is 5.11 Å². The minimum atomic E-state index is -3.58. The predicted octanol–water partition coefficient (Wildman–Crippen LogP) is -0.536. The van der Waals surface area contributed by atoms with Crippen LogP contribution in [0.5, 0.6) is 0 Å². The molecule has 2 aliphatic heterocycles. The van der Waals surface area contributed by atoms with E-state index in [2.05, 4.69) is 9.62 Å². The van der Waals surface area contributed by atoms with Gasteiger partial charge in [0.1, 0.15) is 0 Å². The Labute approximate surface area is 113 Å². The van der Waals surface area contributed by atoms with Gasteiger partial charge in [0.2, 0.25) is 0 Å². The van der Waals surface area contributed by atoms with Crippen LogP contribution in [0.1, 0.15) is 25.7 Å². The maximum Gasteiger partial charge on any atom is 0.304 e. The SMILES string of the molecule is CN(CCC(=O)O)S(=O)(=O)NC1CCN2CCCC12. The Morgan fingerprint density at radius 3 is 2.84 bits per heavy atom. The van der Waals surface area contributed by atoms with Crippen LogP contribution in [-0.4, -0.2) is 67.5 Å². The van der Waals surface area contributed by atoms with Crippen molar-refractivity contribution in [3.05, 3.63) is 0 Å². The van der Waals surface area contributed by atoms with Gasteiger partial charge in [-0.05, 0) is 25.8 Å². The quantitative estimate of drug-likeness (QED) is 0.686. The van der Waals surface area contributed by atoms with Gasteiger partial charge in [-0.15, -0.1) is 0 Å². The van der Waals surface area contributed by atoms with Crippen molar-refractivity contribution in [2.75, 3.05) is 26.7 Å². The van der Waals surface area contributed by atoms with Crippen LogP contribution < -0.4 is 4.72 Å². The van der Waals surface area contributed by atoms with Crippen molar-refractivity contribution < 1.29 is 18.3 Å². The van der Waals surface area contributed by atoms with Crippen molar-refractivity contribution in [1.29, 1.82) is 0 Å². The lowest BCUT2D eigenvalue weighted by molar-refractivity contribution is -0.137. The predicted molar refractivity (Wildman–Crippen MR) is 69.9 cm³/mol. The highest BCUT2D eigenvalue weighted by Gasteiger charge is 2.39. The molecule has 0 bridgehead atoms.